The Labute approximate surface area is 134 Å². The molecule has 2 nitrogen and oxygen atoms in total. The number of carbonyl (C=O) groups excluding carboxylic acids is 1. The maximum atomic E-state index is 12.0. The second kappa shape index (κ2) is 7.41. The van der Waals surface area contributed by atoms with E-state index >= 15 is 0 Å². The summed E-state index contributed by atoms with van der Waals surface area (Å²) in [4.78, 5) is 12.0. The first-order chi connectivity index (χ1) is 10.0. The lowest BCUT2D eigenvalue weighted by Crippen LogP contribution is -2.04. The van der Waals surface area contributed by atoms with E-state index in [1.807, 2.05) is 36.4 Å². The minimum absolute atomic E-state index is 0.159. The van der Waals surface area contributed by atoms with E-state index in [1.54, 1.807) is 0 Å². The van der Waals surface area contributed by atoms with Gasteiger partial charge in [-0.2, -0.15) is 0 Å². The van der Waals surface area contributed by atoms with Crippen LogP contribution in [0.2, 0.25) is 0 Å². The summed E-state index contributed by atoms with van der Waals surface area (Å²) < 4.78 is 6.70. The summed E-state index contributed by atoms with van der Waals surface area (Å²) in [5.41, 5.74) is 3.14. The number of hydrogen-bond donors (Lipinski definition) is 0. The first-order valence-corrected chi connectivity index (χ1v) is 7.84. The van der Waals surface area contributed by atoms with Crippen LogP contribution in [0.1, 0.15) is 34.3 Å². The molecule has 2 aromatic carbocycles. The van der Waals surface area contributed by atoms with Crippen LogP contribution in [0, 0.1) is 13.8 Å². The molecule has 0 fully saturated rings. The van der Waals surface area contributed by atoms with Gasteiger partial charge in [-0.05, 0) is 55.7 Å². The molecule has 0 aliphatic carbocycles. The van der Waals surface area contributed by atoms with E-state index in [9.17, 15) is 4.79 Å². The number of benzene rings is 2. The molecule has 0 aromatic heterocycles. The predicted octanol–water partition coefficient (Wildman–Crippen LogP) is 5.11. The maximum Gasteiger partial charge on any atom is 0.163 e. The van der Waals surface area contributed by atoms with Crippen molar-refractivity contribution in [3.05, 3.63) is 63.6 Å². The Kier molecular flexibility index (Phi) is 5.57. The summed E-state index contributed by atoms with van der Waals surface area (Å²) >= 11 is 3.36. The minimum Gasteiger partial charge on any atom is -0.494 e. The van der Waals surface area contributed by atoms with E-state index in [2.05, 4.69) is 35.8 Å². The van der Waals surface area contributed by atoms with Gasteiger partial charge in [0.15, 0.2) is 5.78 Å². The van der Waals surface area contributed by atoms with Gasteiger partial charge in [0.1, 0.15) is 5.75 Å². The van der Waals surface area contributed by atoms with Gasteiger partial charge in [-0.15, -0.1) is 0 Å². The second-order valence-corrected chi connectivity index (χ2v) is 6.12. The van der Waals surface area contributed by atoms with E-state index in [-0.39, 0.29) is 5.78 Å². The normalized spacial score (nSPS) is 10.4. The van der Waals surface area contributed by atoms with Crippen LogP contribution in [0.5, 0.6) is 5.75 Å². The molecule has 0 bridgehead atoms. The van der Waals surface area contributed by atoms with E-state index in [0.717, 1.165) is 22.2 Å². The topological polar surface area (TPSA) is 26.3 Å². The number of Topliss-reactive ketones (excluding diaryl/α,β-unsaturated/α-hetero) is 1. The number of ether oxygens (including phenoxy) is 1. The fraction of sp³-hybridized carbons (Fsp3) is 0.278. The van der Waals surface area contributed by atoms with E-state index in [4.69, 9.17) is 4.74 Å². The van der Waals surface area contributed by atoms with Gasteiger partial charge in [-0.25, -0.2) is 0 Å². The van der Waals surface area contributed by atoms with Crippen LogP contribution >= 0.6 is 15.9 Å². The van der Waals surface area contributed by atoms with Gasteiger partial charge in [-0.3, -0.25) is 4.79 Å². The lowest BCUT2D eigenvalue weighted by atomic mass is 10.1. The van der Waals surface area contributed by atoms with Crippen molar-refractivity contribution in [1.29, 1.82) is 0 Å². The van der Waals surface area contributed by atoms with Crippen molar-refractivity contribution in [2.45, 2.75) is 26.7 Å². The lowest BCUT2D eigenvalue weighted by molar-refractivity contribution is 0.0973. The number of ketones is 1. The average molecular weight is 347 g/mol. The molecule has 110 valence electrons. The third-order valence-electron chi connectivity index (χ3n) is 3.18. The van der Waals surface area contributed by atoms with Crippen LogP contribution in [-0.2, 0) is 0 Å². The van der Waals surface area contributed by atoms with Gasteiger partial charge in [-0.1, -0.05) is 34.1 Å². The predicted molar refractivity (Wildman–Crippen MR) is 89.1 cm³/mol. The Morgan fingerprint density at radius 3 is 2.29 bits per heavy atom. The SMILES string of the molecule is Cc1cc(C)cc(OCCCC(=O)c2ccc(Br)cc2)c1. The summed E-state index contributed by atoms with van der Waals surface area (Å²) in [6, 6.07) is 13.6. The van der Waals surface area contributed by atoms with Crippen LogP contribution < -0.4 is 4.74 Å². The van der Waals surface area contributed by atoms with E-state index in [1.165, 1.54) is 11.1 Å². The fourth-order valence-corrected chi connectivity index (χ4v) is 2.48. The molecule has 2 rings (SSSR count). The first-order valence-electron chi connectivity index (χ1n) is 7.04. The van der Waals surface area contributed by atoms with Gasteiger partial charge in [0.25, 0.3) is 0 Å². The average Bonchev–Trinajstić information content (AvgIpc) is 2.43. The molecule has 0 saturated heterocycles. The summed E-state index contributed by atoms with van der Waals surface area (Å²) in [6.45, 7) is 4.67. The molecule has 0 atom stereocenters. The zero-order chi connectivity index (χ0) is 15.2. The molecular formula is C18H19BrO2. The Morgan fingerprint density at radius 2 is 1.67 bits per heavy atom. The Bertz CT molecular complexity index is 597. The van der Waals surface area contributed by atoms with Gasteiger partial charge >= 0.3 is 0 Å². The minimum atomic E-state index is 0.159. The smallest absolute Gasteiger partial charge is 0.163 e. The molecule has 0 saturated carbocycles. The van der Waals surface area contributed by atoms with Gasteiger partial charge in [0, 0.05) is 16.5 Å². The van der Waals surface area contributed by atoms with Crippen molar-refractivity contribution in [2.24, 2.45) is 0 Å². The van der Waals surface area contributed by atoms with Crippen molar-refractivity contribution in [2.75, 3.05) is 6.61 Å². The largest absolute Gasteiger partial charge is 0.494 e. The highest BCUT2D eigenvalue weighted by atomic mass is 79.9. The van der Waals surface area contributed by atoms with Crippen molar-refractivity contribution in [3.8, 4) is 5.75 Å². The van der Waals surface area contributed by atoms with Crippen LogP contribution in [0.15, 0.2) is 46.9 Å². The number of carbonyl (C=O) groups is 1. The van der Waals surface area contributed by atoms with Crippen LogP contribution in [0.4, 0.5) is 0 Å². The van der Waals surface area contributed by atoms with Gasteiger partial charge in [0.05, 0.1) is 6.61 Å². The molecule has 21 heavy (non-hydrogen) atoms. The van der Waals surface area contributed by atoms with Crippen molar-refractivity contribution in [3.63, 3.8) is 0 Å². The third kappa shape index (κ3) is 5.01. The van der Waals surface area contributed by atoms with Crippen LogP contribution in [0.25, 0.3) is 0 Å². The van der Waals surface area contributed by atoms with Crippen LogP contribution in [0.3, 0.4) is 0 Å². The molecule has 0 heterocycles. The molecule has 0 N–H and O–H groups in total. The molecule has 0 spiro atoms. The molecule has 0 radical (unpaired) electrons. The zero-order valence-electron chi connectivity index (χ0n) is 12.4. The fourth-order valence-electron chi connectivity index (χ4n) is 2.22. The highest BCUT2D eigenvalue weighted by Crippen LogP contribution is 2.17. The second-order valence-electron chi connectivity index (χ2n) is 5.21. The molecule has 0 unspecified atom stereocenters. The van der Waals surface area contributed by atoms with Crippen molar-refractivity contribution in [1.82, 2.24) is 0 Å². The highest BCUT2D eigenvalue weighted by Gasteiger charge is 2.05. The molecular weight excluding hydrogens is 328 g/mol. The monoisotopic (exact) mass is 346 g/mol. The number of halogens is 1. The quantitative estimate of drug-likeness (QED) is 0.536. The summed E-state index contributed by atoms with van der Waals surface area (Å²) in [6.07, 6.45) is 1.23. The van der Waals surface area contributed by atoms with E-state index < -0.39 is 0 Å². The zero-order valence-corrected chi connectivity index (χ0v) is 13.9. The Morgan fingerprint density at radius 1 is 1.05 bits per heavy atom. The standard InChI is InChI=1S/C18H19BrO2/c1-13-10-14(2)12-17(11-13)21-9-3-4-18(20)15-5-7-16(19)8-6-15/h5-8,10-12H,3-4,9H2,1-2H3. The molecule has 2 aromatic rings. The highest BCUT2D eigenvalue weighted by molar-refractivity contribution is 9.10. The van der Waals surface area contributed by atoms with Gasteiger partial charge in [0.2, 0.25) is 0 Å². The summed E-state index contributed by atoms with van der Waals surface area (Å²) in [5.74, 6) is 1.04. The van der Waals surface area contributed by atoms with Crippen LogP contribution in [-0.4, -0.2) is 12.4 Å². The van der Waals surface area contributed by atoms with E-state index in [0.29, 0.717) is 13.0 Å². The summed E-state index contributed by atoms with van der Waals surface area (Å²) in [7, 11) is 0. The first kappa shape index (κ1) is 15.8. The Hall–Kier alpha value is -1.61. The molecule has 0 aliphatic heterocycles. The molecule has 0 aliphatic rings. The lowest BCUT2D eigenvalue weighted by Gasteiger charge is -2.08. The number of rotatable bonds is 6. The summed E-state index contributed by atoms with van der Waals surface area (Å²) in [5, 5.41) is 0. The number of aryl methyl sites for hydroxylation is 2. The van der Waals surface area contributed by atoms with Gasteiger partial charge < -0.3 is 4.74 Å². The molecule has 3 heteroatoms. The Balaban J connectivity index is 1.79. The van der Waals surface area contributed by atoms with Crippen molar-refractivity contribution < 1.29 is 9.53 Å². The maximum absolute atomic E-state index is 12.0. The third-order valence-corrected chi connectivity index (χ3v) is 3.71. The number of hydrogen-bond acceptors (Lipinski definition) is 2. The molecule has 0 amide bonds. The van der Waals surface area contributed by atoms with Crippen molar-refractivity contribution >= 4 is 21.7 Å².